The van der Waals surface area contributed by atoms with E-state index in [1.54, 1.807) is 18.7 Å². The fraction of sp³-hybridized carbons (Fsp3) is 0.308. The molecule has 0 N–H and O–H groups in total. The molecular formula is C13H14O2S. The monoisotopic (exact) mass is 234 g/mol. The van der Waals surface area contributed by atoms with Crippen molar-refractivity contribution in [3.05, 3.63) is 29.8 Å². The van der Waals surface area contributed by atoms with Crippen LogP contribution in [0.2, 0.25) is 0 Å². The van der Waals surface area contributed by atoms with Gasteiger partial charge >= 0.3 is 5.97 Å². The number of thioether (sulfide) groups is 1. The molecule has 0 atom stereocenters. The number of rotatable bonds is 3. The molecule has 0 saturated carbocycles. The van der Waals surface area contributed by atoms with Gasteiger partial charge in [-0.1, -0.05) is 24.8 Å². The summed E-state index contributed by atoms with van der Waals surface area (Å²) < 4.78 is 4.85. The average molecular weight is 234 g/mol. The summed E-state index contributed by atoms with van der Waals surface area (Å²) in [4.78, 5) is 12.0. The van der Waals surface area contributed by atoms with Crippen LogP contribution in [0.4, 0.5) is 0 Å². The van der Waals surface area contributed by atoms with Crippen LogP contribution in [-0.2, 0) is 9.53 Å². The molecule has 0 bridgehead atoms. The quantitative estimate of drug-likeness (QED) is 0.457. The van der Waals surface area contributed by atoms with Gasteiger partial charge in [0, 0.05) is 16.9 Å². The van der Waals surface area contributed by atoms with Gasteiger partial charge in [-0.15, -0.1) is 11.8 Å². The maximum absolute atomic E-state index is 10.8. The van der Waals surface area contributed by atoms with Crippen LogP contribution in [0.1, 0.15) is 18.9 Å². The van der Waals surface area contributed by atoms with Crippen molar-refractivity contribution >= 4 is 17.7 Å². The number of hydrogen-bond acceptors (Lipinski definition) is 3. The minimum Gasteiger partial charge on any atom is -0.452 e. The summed E-state index contributed by atoms with van der Waals surface area (Å²) in [6, 6.07) is 7.95. The SMILES string of the molecule is CCC(=O)OCC#Cc1cccc(SC)c1. The molecule has 0 heterocycles. The number of carbonyl (C=O) groups excluding carboxylic acids is 1. The minimum atomic E-state index is -0.216. The molecule has 0 amide bonds. The second kappa shape index (κ2) is 6.97. The Morgan fingerprint density at radius 3 is 3.00 bits per heavy atom. The van der Waals surface area contributed by atoms with E-state index < -0.39 is 0 Å². The first-order valence-electron chi connectivity index (χ1n) is 5.04. The molecule has 0 spiro atoms. The zero-order valence-corrected chi connectivity index (χ0v) is 10.3. The minimum absolute atomic E-state index is 0.163. The number of benzene rings is 1. The van der Waals surface area contributed by atoms with Crippen LogP contribution in [0.25, 0.3) is 0 Å². The summed E-state index contributed by atoms with van der Waals surface area (Å²) in [5.74, 6) is 5.56. The fourth-order valence-corrected chi connectivity index (χ4v) is 1.52. The van der Waals surface area contributed by atoms with Crippen LogP contribution in [0.15, 0.2) is 29.2 Å². The Morgan fingerprint density at radius 2 is 2.31 bits per heavy atom. The van der Waals surface area contributed by atoms with Gasteiger partial charge in [0.2, 0.25) is 0 Å². The normalized spacial score (nSPS) is 9.12. The van der Waals surface area contributed by atoms with Crippen molar-refractivity contribution in [1.82, 2.24) is 0 Å². The molecule has 2 nitrogen and oxygen atoms in total. The van der Waals surface area contributed by atoms with Gasteiger partial charge in [0.05, 0.1) is 0 Å². The van der Waals surface area contributed by atoms with E-state index >= 15 is 0 Å². The van der Waals surface area contributed by atoms with Gasteiger partial charge < -0.3 is 4.74 Å². The molecule has 1 aromatic rings. The van der Waals surface area contributed by atoms with Crippen LogP contribution in [0, 0.1) is 11.8 Å². The maximum atomic E-state index is 10.8. The van der Waals surface area contributed by atoms with Crippen LogP contribution < -0.4 is 0 Å². The average Bonchev–Trinajstić information content (AvgIpc) is 2.34. The molecular weight excluding hydrogens is 220 g/mol. The summed E-state index contributed by atoms with van der Waals surface area (Å²) in [6.45, 7) is 1.92. The Kier molecular flexibility index (Phi) is 5.52. The Balaban J connectivity index is 2.52. The van der Waals surface area contributed by atoms with E-state index in [9.17, 15) is 4.79 Å². The molecule has 0 aliphatic heterocycles. The Hall–Kier alpha value is -1.40. The molecule has 0 aromatic heterocycles. The lowest BCUT2D eigenvalue weighted by molar-refractivity contribution is -0.141. The summed E-state index contributed by atoms with van der Waals surface area (Å²) in [5.41, 5.74) is 0.944. The second-order valence-electron chi connectivity index (χ2n) is 3.05. The first-order chi connectivity index (χ1) is 7.76. The highest BCUT2D eigenvalue weighted by Crippen LogP contribution is 2.14. The number of hydrogen-bond donors (Lipinski definition) is 0. The van der Waals surface area contributed by atoms with Gasteiger partial charge in [-0.25, -0.2) is 0 Å². The molecule has 0 saturated heterocycles. The Bertz CT molecular complexity index is 415. The van der Waals surface area contributed by atoms with E-state index in [1.165, 1.54) is 4.90 Å². The highest BCUT2D eigenvalue weighted by atomic mass is 32.2. The van der Waals surface area contributed by atoms with Crippen LogP contribution in [0.5, 0.6) is 0 Å². The van der Waals surface area contributed by atoms with E-state index in [1.807, 2.05) is 30.5 Å². The smallest absolute Gasteiger partial charge is 0.306 e. The molecule has 0 aliphatic carbocycles. The van der Waals surface area contributed by atoms with Crippen molar-refractivity contribution in [1.29, 1.82) is 0 Å². The lowest BCUT2D eigenvalue weighted by atomic mass is 10.2. The van der Waals surface area contributed by atoms with Gasteiger partial charge in [0.1, 0.15) is 0 Å². The fourth-order valence-electron chi connectivity index (χ4n) is 1.06. The van der Waals surface area contributed by atoms with Crippen LogP contribution >= 0.6 is 11.8 Å². The molecule has 0 radical (unpaired) electrons. The predicted octanol–water partition coefficient (Wildman–Crippen LogP) is 2.71. The molecule has 0 aliphatic rings. The summed E-state index contributed by atoms with van der Waals surface area (Å²) in [5, 5.41) is 0. The van der Waals surface area contributed by atoms with E-state index in [4.69, 9.17) is 4.74 Å². The molecule has 16 heavy (non-hydrogen) atoms. The van der Waals surface area contributed by atoms with Crippen molar-refractivity contribution in [2.45, 2.75) is 18.2 Å². The van der Waals surface area contributed by atoms with Gasteiger partial charge in [-0.3, -0.25) is 4.79 Å². The largest absolute Gasteiger partial charge is 0.452 e. The number of ether oxygens (including phenoxy) is 1. The lowest BCUT2D eigenvalue weighted by Crippen LogP contribution is -2.01. The first-order valence-corrected chi connectivity index (χ1v) is 6.27. The third-order valence-corrected chi connectivity index (χ3v) is 2.62. The predicted molar refractivity (Wildman–Crippen MR) is 66.4 cm³/mol. The summed E-state index contributed by atoms with van der Waals surface area (Å²) >= 11 is 1.68. The second-order valence-corrected chi connectivity index (χ2v) is 3.93. The van der Waals surface area contributed by atoms with Crippen molar-refractivity contribution in [2.75, 3.05) is 12.9 Å². The third-order valence-electron chi connectivity index (χ3n) is 1.90. The molecule has 3 heteroatoms. The number of esters is 1. The standard InChI is InChI=1S/C13H14O2S/c1-3-13(14)15-9-5-7-11-6-4-8-12(10-11)16-2/h4,6,8,10H,3,9H2,1-2H3. The highest BCUT2D eigenvalue weighted by Gasteiger charge is 1.94. The Morgan fingerprint density at radius 1 is 1.50 bits per heavy atom. The zero-order valence-electron chi connectivity index (χ0n) is 9.45. The van der Waals surface area contributed by atoms with E-state index in [0.717, 1.165) is 5.56 Å². The molecule has 0 unspecified atom stereocenters. The molecule has 1 rings (SSSR count). The maximum Gasteiger partial charge on any atom is 0.306 e. The lowest BCUT2D eigenvalue weighted by Gasteiger charge is -1.96. The third kappa shape index (κ3) is 4.41. The van der Waals surface area contributed by atoms with E-state index in [2.05, 4.69) is 11.8 Å². The zero-order chi connectivity index (χ0) is 11.8. The Labute approximate surface area is 100 Å². The van der Waals surface area contributed by atoms with E-state index in [-0.39, 0.29) is 12.6 Å². The van der Waals surface area contributed by atoms with E-state index in [0.29, 0.717) is 6.42 Å². The van der Waals surface area contributed by atoms with Crippen LogP contribution in [0.3, 0.4) is 0 Å². The van der Waals surface area contributed by atoms with Crippen molar-refractivity contribution < 1.29 is 9.53 Å². The first kappa shape index (κ1) is 12.7. The van der Waals surface area contributed by atoms with Crippen molar-refractivity contribution in [2.24, 2.45) is 0 Å². The number of carbonyl (C=O) groups is 1. The van der Waals surface area contributed by atoms with Crippen LogP contribution in [-0.4, -0.2) is 18.8 Å². The topological polar surface area (TPSA) is 26.3 Å². The molecule has 0 fully saturated rings. The molecule has 84 valence electrons. The summed E-state index contributed by atoms with van der Waals surface area (Å²) in [6.07, 6.45) is 2.42. The van der Waals surface area contributed by atoms with Gasteiger partial charge in [0.15, 0.2) is 6.61 Å². The van der Waals surface area contributed by atoms with Gasteiger partial charge in [-0.2, -0.15) is 0 Å². The molecule has 1 aromatic carbocycles. The van der Waals surface area contributed by atoms with Crippen molar-refractivity contribution in [3.8, 4) is 11.8 Å². The van der Waals surface area contributed by atoms with Crippen molar-refractivity contribution in [3.63, 3.8) is 0 Å². The summed E-state index contributed by atoms with van der Waals surface area (Å²) in [7, 11) is 0. The van der Waals surface area contributed by atoms with Gasteiger partial charge in [-0.05, 0) is 24.5 Å². The highest BCUT2D eigenvalue weighted by molar-refractivity contribution is 7.98. The van der Waals surface area contributed by atoms with Gasteiger partial charge in [0.25, 0.3) is 0 Å².